The molecule has 12 heavy (non-hydrogen) atoms. The maximum absolute atomic E-state index is 10.7. The summed E-state index contributed by atoms with van der Waals surface area (Å²) in [6.45, 7) is 4.22. The zero-order valence-electron chi connectivity index (χ0n) is 8.05. The summed E-state index contributed by atoms with van der Waals surface area (Å²) in [7, 11) is 0. The van der Waals surface area contributed by atoms with E-state index in [0.29, 0.717) is 11.8 Å². The molecule has 68 valence electrons. The van der Waals surface area contributed by atoms with Crippen LogP contribution in [0.2, 0.25) is 0 Å². The first-order chi connectivity index (χ1) is 5.74. The van der Waals surface area contributed by atoms with E-state index in [-0.39, 0.29) is 0 Å². The average molecular weight is 166 g/mol. The van der Waals surface area contributed by atoms with Crippen LogP contribution in [-0.4, -0.2) is 6.29 Å². The minimum absolute atomic E-state index is 0.300. The normalized spacial score (nSPS) is 29.5. The van der Waals surface area contributed by atoms with Gasteiger partial charge in [-0.1, -0.05) is 24.5 Å². The largest absolute Gasteiger partial charge is 0.303 e. The molecule has 1 saturated carbocycles. The van der Waals surface area contributed by atoms with E-state index in [1.54, 1.807) is 0 Å². The fourth-order valence-corrected chi connectivity index (χ4v) is 1.99. The van der Waals surface area contributed by atoms with Gasteiger partial charge >= 0.3 is 0 Å². The molecule has 1 nitrogen and oxygen atoms in total. The van der Waals surface area contributed by atoms with Crippen molar-refractivity contribution < 1.29 is 4.79 Å². The number of hydrogen-bond acceptors (Lipinski definition) is 1. The fraction of sp³-hybridized carbons (Fsp3) is 0.727. The van der Waals surface area contributed by atoms with E-state index >= 15 is 0 Å². The highest BCUT2D eigenvalue weighted by Crippen LogP contribution is 2.30. The molecule has 0 spiro atoms. The first-order valence-corrected chi connectivity index (χ1v) is 4.84. The molecule has 0 radical (unpaired) electrons. The van der Waals surface area contributed by atoms with E-state index in [0.717, 1.165) is 12.7 Å². The van der Waals surface area contributed by atoms with Crippen LogP contribution in [0.4, 0.5) is 0 Å². The Labute approximate surface area is 74.9 Å². The highest BCUT2D eigenvalue weighted by molar-refractivity contribution is 5.54. The Balaban J connectivity index is 2.58. The lowest BCUT2D eigenvalue weighted by molar-refractivity contribution is -0.112. The standard InChI is InChI=1S/C11H18O/c1-9(2)7-10-5-3-4-6-11(10)8-12/h7-8,10-11H,3-6H2,1-2H3/t10-,11-/m1/s1. The van der Waals surface area contributed by atoms with Crippen molar-refractivity contribution >= 4 is 6.29 Å². The predicted molar refractivity (Wildman–Crippen MR) is 50.9 cm³/mol. The lowest BCUT2D eigenvalue weighted by Gasteiger charge is -2.25. The molecule has 1 rings (SSSR count). The molecular formula is C11H18O. The van der Waals surface area contributed by atoms with Gasteiger partial charge in [0.15, 0.2) is 0 Å². The smallest absolute Gasteiger partial charge is 0.123 e. The van der Waals surface area contributed by atoms with Crippen molar-refractivity contribution in [3.8, 4) is 0 Å². The number of rotatable bonds is 2. The van der Waals surface area contributed by atoms with Gasteiger partial charge in [0, 0.05) is 5.92 Å². The highest BCUT2D eigenvalue weighted by Gasteiger charge is 2.22. The van der Waals surface area contributed by atoms with Crippen molar-refractivity contribution in [2.75, 3.05) is 0 Å². The molecule has 1 heteroatoms. The Kier molecular flexibility index (Phi) is 3.51. The van der Waals surface area contributed by atoms with Gasteiger partial charge < -0.3 is 4.79 Å². The van der Waals surface area contributed by atoms with Crippen molar-refractivity contribution in [1.82, 2.24) is 0 Å². The zero-order chi connectivity index (χ0) is 8.97. The Morgan fingerprint density at radius 3 is 2.25 bits per heavy atom. The molecule has 0 aromatic carbocycles. The van der Waals surface area contributed by atoms with Crippen LogP contribution >= 0.6 is 0 Å². The lowest BCUT2D eigenvalue weighted by Crippen LogP contribution is -2.18. The number of carbonyl (C=O) groups is 1. The first-order valence-electron chi connectivity index (χ1n) is 4.84. The van der Waals surface area contributed by atoms with Gasteiger partial charge in [0.25, 0.3) is 0 Å². The van der Waals surface area contributed by atoms with Crippen molar-refractivity contribution in [1.29, 1.82) is 0 Å². The second-order valence-electron chi connectivity index (χ2n) is 3.99. The van der Waals surface area contributed by atoms with E-state index in [4.69, 9.17) is 0 Å². The summed E-state index contributed by atoms with van der Waals surface area (Å²) >= 11 is 0. The molecule has 1 aliphatic carbocycles. The van der Waals surface area contributed by atoms with Gasteiger partial charge in [-0.2, -0.15) is 0 Å². The Bertz CT molecular complexity index is 177. The molecule has 0 N–H and O–H groups in total. The van der Waals surface area contributed by atoms with E-state index in [1.807, 2.05) is 0 Å². The van der Waals surface area contributed by atoms with E-state index in [9.17, 15) is 4.79 Å². The quantitative estimate of drug-likeness (QED) is 0.455. The van der Waals surface area contributed by atoms with Crippen LogP contribution < -0.4 is 0 Å². The number of allylic oxidation sites excluding steroid dienone is 2. The van der Waals surface area contributed by atoms with Crippen LogP contribution in [0.25, 0.3) is 0 Å². The average Bonchev–Trinajstić information content (AvgIpc) is 2.04. The topological polar surface area (TPSA) is 17.1 Å². The number of aldehydes is 1. The summed E-state index contributed by atoms with van der Waals surface area (Å²) in [6, 6.07) is 0. The van der Waals surface area contributed by atoms with E-state index < -0.39 is 0 Å². The third-order valence-corrected chi connectivity index (χ3v) is 2.60. The van der Waals surface area contributed by atoms with Crippen LogP contribution in [0, 0.1) is 11.8 Å². The van der Waals surface area contributed by atoms with Gasteiger partial charge in [-0.05, 0) is 32.6 Å². The SMILES string of the molecule is CC(C)=C[C@H]1CCCC[C@@H]1C=O. The summed E-state index contributed by atoms with van der Waals surface area (Å²) in [5, 5.41) is 0. The molecule has 0 unspecified atom stereocenters. The van der Waals surface area contributed by atoms with Crippen LogP contribution in [0.15, 0.2) is 11.6 Å². The van der Waals surface area contributed by atoms with Crippen molar-refractivity contribution in [3.63, 3.8) is 0 Å². The first kappa shape index (κ1) is 9.50. The summed E-state index contributed by atoms with van der Waals surface area (Å²) in [6.07, 6.45) is 8.23. The second kappa shape index (κ2) is 4.44. The van der Waals surface area contributed by atoms with E-state index in [2.05, 4.69) is 19.9 Å². The maximum atomic E-state index is 10.7. The molecule has 0 saturated heterocycles. The summed E-state index contributed by atoms with van der Waals surface area (Å²) < 4.78 is 0. The monoisotopic (exact) mass is 166 g/mol. The Hall–Kier alpha value is -0.590. The minimum atomic E-state index is 0.300. The predicted octanol–water partition coefficient (Wildman–Crippen LogP) is 2.96. The van der Waals surface area contributed by atoms with Gasteiger partial charge in [-0.3, -0.25) is 0 Å². The second-order valence-corrected chi connectivity index (χ2v) is 3.99. The van der Waals surface area contributed by atoms with Crippen LogP contribution in [0.3, 0.4) is 0 Å². The molecule has 0 aromatic rings. The van der Waals surface area contributed by atoms with Gasteiger partial charge in [0.1, 0.15) is 6.29 Å². The van der Waals surface area contributed by atoms with Crippen molar-refractivity contribution in [2.45, 2.75) is 39.5 Å². The third kappa shape index (κ3) is 2.47. The number of carbonyl (C=O) groups excluding carboxylic acids is 1. The van der Waals surface area contributed by atoms with Gasteiger partial charge in [-0.25, -0.2) is 0 Å². The zero-order valence-corrected chi connectivity index (χ0v) is 8.05. The van der Waals surface area contributed by atoms with E-state index in [1.165, 1.54) is 24.8 Å². The summed E-state index contributed by atoms with van der Waals surface area (Å²) in [5.41, 5.74) is 1.34. The Morgan fingerprint density at radius 2 is 1.75 bits per heavy atom. The molecule has 1 fully saturated rings. The molecule has 0 bridgehead atoms. The molecule has 0 aromatic heterocycles. The molecule has 0 aliphatic heterocycles. The summed E-state index contributed by atoms with van der Waals surface area (Å²) in [5.74, 6) is 0.829. The van der Waals surface area contributed by atoms with Crippen LogP contribution in [-0.2, 0) is 4.79 Å². The molecule has 0 amide bonds. The minimum Gasteiger partial charge on any atom is -0.303 e. The highest BCUT2D eigenvalue weighted by atomic mass is 16.1. The number of hydrogen-bond donors (Lipinski definition) is 0. The molecule has 1 aliphatic rings. The Morgan fingerprint density at radius 1 is 1.17 bits per heavy atom. The van der Waals surface area contributed by atoms with Crippen molar-refractivity contribution in [3.05, 3.63) is 11.6 Å². The van der Waals surface area contributed by atoms with Gasteiger partial charge in [0.05, 0.1) is 0 Å². The van der Waals surface area contributed by atoms with Crippen LogP contribution in [0.1, 0.15) is 39.5 Å². The third-order valence-electron chi connectivity index (χ3n) is 2.60. The lowest BCUT2D eigenvalue weighted by atomic mass is 9.79. The van der Waals surface area contributed by atoms with Gasteiger partial charge in [-0.15, -0.1) is 0 Å². The summed E-state index contributed by atoms with van der Waals surface area (Å²) in [4.78, 5) is 10.7. The van der Waals surface area contributed by atoms with Crippen LogP contribution in [0.5, 0.6) is 0 Å². The fourth-order valence-electron chi connectivity index (χ4n) is 1.99. The molecule has 2 atom stereocenters. The van der Waals surface area contributed by atoms with Crippen molar-refractivity contribution in [2.24, 2.45) is 11.8 Å². The molecule has 0 heterocycles. The maximum Gasteiger partial charge on any atom is 0.123 e. The van der Waals surface area contributed by atoms with Gasteiger partial charge in [0.2, 0.25) is 0 Å². The molecular weight excluding hydrogens is 148 g/mol.